The topological polar surface area (TPSA) is 71.0 Å². The summed E-state index contributed by atoms with van der Waals surface area (Å²) in [5, 5.41) is 3.82. The van der Waals surface area contributed by atoms with E-state index in [0.717, 1.165) is 16.6 Å². The molecule has 0 atom stereocenters. The number of carbonyl (C=O) groups excluding carboxylic acids is 1. The minimum atomic E-state index is -0.324. The average molecular weight is 355 g/mol. The number of rotatable bonds is 4. The maximum atomic E-state index is 12.6. The first-order valence-corrected chi connectivity index (χ1v) is 8.48. The highest BCUT2D eigenvalue weighted by molar-refractivity contribution is 6.07. The number of pyridine rings is 1. The second-order valence-electron chi connectivity index (χ2n) is 5.99. The number of nitrogens with one attached hydrogen (secondary N) is 1. The third kappa shape index (κ3) is 3.46. The van der Waals surface area contributed by atoms with E-state index in [9.17, 15) is 4.79 Å². The van der Waals surface area contributed by atoms with Gasteiger partial charge in [0, 0.05) is 24.3 Å². The molecule has 2 aromatic heterocycles. The summed E-state index contributed by atoms with van der Waals surface area (Å²) >= 11 is 0. The van der Waals surface area contributed by atoms with Crippen molar-refractivity contribution >= 4 is 34.0 Å². The highest BCUT2D eigenvalue weighted by Gasteiger charge is 2.12. The van der Waals surface area contributed by atoms with Crippen molar-refractivity contribution in [2.24, 2.45) is 0 Å². The summed E-state index contributed by atoms with van der Waals surface area (Å²) in [5.41, 5.74) is 2.62. The Morgan fingerprint density at radius 3 is 2.48 bits per heavy atom. The largest absolute Gasteiger partial charge is 0.328 e. The molecule has 2 aromatic carbocycles. The number of para-hydroxylation sites is 2. The highest BCUT2D eigenvalue weighted by Crippen LogP contribution is 2.22. The molecule has 0 aliphatic heterocycles. The van der Waals surface area contributed by atoms with Crippen molar-refractivity contribution in [2.75, 3.05) is 17.3 Å². The minimum Gasteiger partial charge on any atom is -0.328 e. The Morgan fingerprint density at radius 1 is 0.889 bits per heavy atom. The molecule has 6 heteroatoms. The first-order valence-electron chi connectivity index (χ1n) is 8.48. The van der Waals surface area contributed by atoms with Gasteiger partial charge in [0.05, 0.1) is 23.6 Å². The number of fused-ring (bicyclic) bond motifs is 1. The van der Waals surface area contributed by atoms with Gasteiger partial charge in [-0.05, 0) is 24.3 Å². The van der Waals surface area contributed by atoms with Crippen molar-refractivity contribution < 1.29 is 4.79 Å². The summed E-state index contributed by atoms with van der Waals surface area (Å²) < 4.78 is 0. The molecular weight excluding hydrogens is 338 g/mol. The molecule has 1 amide bonds. The fraction of sp³-hybridized carbons (Fsp3) is 0.0476. The number of aromatic nitrogens is 3. The predicted molar refractivity (Wildman–Crippen MR) is 106 cm³/mol. The molecule has 4 aromatic rings. The summed E-state index contributed by atoms with van der Waals surface area (Å²) in [6, 6.07) is 19.3. The molecule has 2 heterocycles. The van der Waals surface area contributed by atoms with Crippen LogP contribution < -0.4 is 10.2 Å². The van der Waals surface area contributed by atoms with Gasteiger partial charge in [-0.3, -0.25) is 9.78 Å². The zero-order valence-corrected chi connectivity index (χ0v) is 14.7. The lowest BCUT2D eigenvalue weighted by Gasteiger charge is -2.17. The van der Waals surface area contributed by atoms with E-state index in [4.69, 9.17) is 0 Å². The summed E-state index contributed by atoms with van der Waals surface area (Å²) in [7, 11) is 1.90. The standard InChI is InChI=1S/C21H17N5O/c1-26(16-9-3-2-4-10-16)19-14-23-18(13-24-19)21(27)25-17-11-5-7-15-8-6-12-22-20(15)17/h2-14H,1H3,(H,25,27). The predicted octanol–water partition coefficient (Wildman–Crippen LogP) is 4.05. The van der Waals surface area contributed by atoms with E-state index >= 15 is 0 Å². The van der Waals surface area contributed by atoms with Gasteiger partial charge in [-0.15, -0.1) is 0 Å². The van der Waals surface area contributed by atoms with Crippen LogP contribution in [0.25, 0.3) is 10.9 Å². The number of benzene rings is 2. The highest BCUT2D eigenvalue weighted by atomic mass is 16.1. The monoisotopic (exact) mass is 355 g/mol. The number of nitrogens with zero attached hydrogens (tertiary/aromatic N) is 4. The van der Waals surface area contributed by atoms with Gasteiger partial charge in [0.2, 0.25) is 0 Å². The normalized spacial score (nSPS) is 10.6. The molecule has 0 saturated heterocycles. The Labute approximate surface area is 156 Å². The first-order chi connectivity index (χ1) is 13.2. The lowest BCUT2D eigenvalue weighted by atomic mass is 10.2. The average Bonchev–Trinajstić information content (AvgIpc) is 2.74. The Bertz CT molecular complexity index is 1080. The van der Waals surface area contributed by atoms with Gasteiger partial charge < -0.3 is 10.2 Å². The van der Waals surface area contributed by atoms with Gasteiger partial charge >= 0.3 is 0 Å². The fourth-order valence-electron chi connectivity index (χ4n) is 2.79. The molecule has 4 rings (SSSR count). The van der Waals surface area contributed by atoms with Gasteiger partial charge in [0.1, 0.15) is 5.69 Å². The van der Waals surface area contributed by atoms with Gasteiger partial charge in [0.25, 0.3) is 5.91 Å². The minimum absolute atomic E-state index is 0.244. The van der Waals surface area contributed by atoms with E-state index in [1.165, 1.54) is 6.20 Å². The molecule has 0 saturated carbocycles. The summed E-state index contributed by atoms with van der Waals surface area (Å²) in [6.45, 7) is 0. The summed E-state index contributed by atoms with van der Waals surface area (Å²) in [4.78, 5) is 27.4. The maximum Gasteiger partial charge on any atom is 0.275 e. The van der Waals surface area contributed by atoms with E-state index < -0.39 is 0 Å². The lowest BCUT2D eigenvalue weighted by Crippen LogP contribution is -2.16. The third-order valence-electron chi connectivity index (χ3n) is 4.24. The smallest absolute Gasteiger partial charge is 0.275 e. The van der Waals surface area contributed by atoms with E-state index in [-0.39, 0.29) is 11.6 Å². The molecule has 0 spiro atoms. The Hall–Kier alpha value is -3.80. The van der Waals surface area contributed by atoms with Gasteiger partial charge in [-0.25, -0.2) is 9.97 Å². The summed E-state index contributed by atoms with van der Waals surface area (Å²) in [5.74, 6) is 0.333. The second-order valence-corrected chi connectivity index (χ2v) is 5.99. The lowest BCUT2D eigenvalue weighted by molar-refractivity contribution is 0.102. The van der Waals surface area contributed by atoms with Crippen LogP contribution in [0.1, 0.15) is 10.5 Å². The van der Waals surface area contributed by atoms with Crippen LogP contribution in [-0.4, -0.2) is 27.9 Å². The Morgan fingerprint density at radius 2 is 1.70 bits per heavy atom. The van der Waals surface area contributed by atoms with Crippen LogP contribution in [-0.2, 0) is 0 Å². The number of hydrogen-bond donors (Lipinski definition) is 1. The fourth-order valence-corrected chi connectivity index (χ4v) is 2.79. The van der Waals surface area contributed by atoms with Crippen LogP contribution >= 0.6 is 0 Å². The molecule has 0 unspecified atom stereocenters. The van der Waals surface area contributed by atoms with Gasteiger partial charge in [-0.1, -0.05) is 36.4 Å². The molecule has 6 nitrogen and oxygen atoms in total. The van der Waals surface area contributed by atoms with Crippen molar-refractivity contribution in [1.29, 1.82) is 0 Å². The zero-order valence-electron chi connectivity index (χ0n) is 14.7. The van der Waals surface area contributed by atoms with Crippen molar-refractivity contribution in [1.82, 2.24) is 15.0 Å². The molecule has 0 bridgehead atoms. The van der Waals surface area contributed by atoms with E-state index in [0.29, 0.717) is 11.5 Å². The van der Waals surface area contributed by atoms with E-state index in [1.54, 1.807) is 12.4 Å². The molecular formula is C21H17N5O. The van der Waals surface area contributed by atoms with Gasteiger partial charge in [-0.2, -0.15) is 0 Å². The maximum absolute atomic E-state index is 12.6. The molecule has 132 valence electrons. The molecule has 27 heavy (non-hydrogen) atoms. The van der Waals surface area contributed by atoms with Crippen LogP contribution in [0, 0.1) is 0 Å². The van der Waals surface area contributed by atoms with E-state index in [2.05, 4.69) is 20.3 Å². The third-order valence-corrected chi connectivity index (χ3v) is 4.24. The van der Waals surface area contributed by atoms with E-state index in [1.807, 2.05) is 72.6 Å². The second kappa shape index (κ2) is 7.21. The van der Waals surface area contributed by atoms with Crippen LogP contribution in [0.2, 0.25) is 0 Å². The van der Waals surface area contributed by atoms with Crippen LogP contribution in [0.3, 0.4) is 0 Å². The van der Waals surface area contributed by atoms with Crippen LogP contribution in [0.4, 0.5) is 17.2 Å². The molecule has 0 radical (unpaired) electrons. The quantitative estimate of drug-likeness (QED) is 0.598. The summed E-state index contributed by atoms with van der Waals surface area (Å²) in [6.07, 6.45) is 4.76. The number of anilines is 3. The Balaban J connectivity index is 1.54. The molecule has 1 N–H and O–H groups in total. The number of hydrogen-bond acceptors (Lipinski definition) is 5. The molecule has 0 aliphatic carbocycles. The van der Waals surface area contributed by atoms with Crippen LogP contribution in [0.5, 0.6) is 0 Å². The number of carbonyl (C=O) groups is 1. The first kappa shape index (κ1) is 16.7. The number of amides is 1. The van der Waals surface area contributed by atoms with Gasteiger partial charge in [0.15, 0.2) is 5.82 Å². The van der Waals surface area contributed by atoms with Crippen molar-refractivity contribution in [3.05, 3.63) is 84.9 Å². The van der Waals surface area contributed by atoms with Crippen molar-refractivity contribution in [3.63, 3.8) is 0 Å². The Kier molecular flexibility index (Phi) is 4.45. The molecule has 0 fully saturated rings. The van der Waals surface area contributed by atoms with Crippen molar-refractivity contribution in [3.8, 4) is 0 Å². The van der Waals surface area contributed by atoms with Crippen LogP contribution in [0.15, 0.2) is 79.3 Å². The SMILES string of the molecule is CN(c1ccccc1)c1cnc(C(=O)Nc2cccc3cccnc23)cn1. The van der Waals surface area contributed by atoms with Crippen molar-refractivity contribution in [2.45, 2.75) is 0 Å². The molecule has 0 aliphatic rings. The zero-order chi connectivity index (χ0) is 18.6.